The minimum absolute atomic E-state index is 0.0700. The van der Waals surface area contributed by atoms with E-state index in [0.717, 1.165) is 4.88 Å². The summed E-state index contributed by atoms with van der Waals surface area (Å²) >= 11 is 1.47. The molecule has 2 aliphatic heterocycles. The minimum Gasteiger partial charge on any atom is -0.378 e. The molecule has 172 valence electrons. The van der Waals surface area contributed by atoms with E-state index in [1.807, 2.05) is 22.4 Å². The molecule has 0 unspecified atom stereocenters. The summed E-state index contributed by atoms with van der Waals surface area (Å²) in [7, 11) is 0. The maximum absolute atomic E-state index is 13.8. The van der Waals surface area contributed by atoms with Crippen LogP contribution in [0.2, 0.25) is 0 Å². The van der Waals surface area contributed by atoms with Crippen molar-refractivity contribution in [3.63, 3.8) is 0 Å². The largest absolute Gasteiger partial charge is 0.378 e. The predicted molar refractivity (Wildman–Crippen MR) is 121 cm³/mol. The summed E-state index contributed by atoms with van der Waals surface area (Å²) in [6, 6.07) is 9.83. The van der Waals surface area contributed by atoms with Crippen molar-refractivity contribution in [2.75, 3.05) is 39.4 Å². The van der Waals surface area contributed by atoms with Crippen LogP contribution in [0.25, 0.3) is 16.4 Å². The van der Waals surface area contributed by atoms with E-state index < -0.39 is 0 Å². The fourth-order valence-electron chi connectivity index (χ4n) is 4.27. The monoisotopic (exact) mass is 469 g/mol. The Morgan fingerprint density at radius 3 is 2.52 bits per heavy atom. The van der Waals surface area contributed by atoms with Gasteiger partial charge in [-0.05, 0) is 42.5 Å². The van der Waals surface area contributed by atoms with Crippen LogP contribution in [0.4, 0.5) is 4.39 Å². The van der Waals surface area contributed by atoms with Gasteiger partial charge in [-0.15, -0.1) is 16.4 Å². The Hall–Kier alpha value is -3.11. The van der Waals surface area contributed by atoms with Crippen LogP contribution in [-0.4, -0.2) is 75.8 Å². The van der Waals surface area contributed by atoms with Crippen molar-refractivity contribution in [1.82, 2.24) is 24.6 Å². The zero-order valence-corrected chi connectivity index (χ0v) is 18.8. The number of ether oxygens (including phenoxy) is 1. The lowest BCUT2D eigenvalue weighted by atomic mass is 9.95. The highest BCUT2D eigenvalue weighted by molar-refractivity contribution is 7.13. The molecule has 4 heterocycles. The van der Waals surface area contributed by atoms with E-state index in [0.29, 0.717) is 63.7 Å². The number of likely N-dealkylation sites (tertiary alicyclic amines) is 1. The number of nitrogens with zero attached hydrogens (tertiary/aromatic N) is 5. The average molecular weight is 470 g/mol. The Kier molecular flexibility index (Phi) is 6.19. The van der Waals surface area contributed by atoms with Gasteiger partial charge in [0.05, 0.1) is 23.8 Å². The molecule has 0 N–H and O–H groups in total. The number of benzene rings is 1. The van der Waals surface area contributed by atoms with Crippen molar-refractivity contribution in [2.45, 2.75) is 12.8 Å². The normalized spacial score (nSPS) is 17.4. The first-order valence-electron chi connectivity index (χ1n) is 11.0. The molecular formula is C23H24FN5O3S. The van der Waals surface area contributed by atoms with E-state index in [9.17, 15) is 14.0 Å². The molecule has 2 amide bonds. The summed E-state index contributed by atoms with van der Waals surface area (Å²) in [5.74, 6) is -0.0253. The Bertz CT molecular complexity index is 1130. The predicted octanol–water partition coefficient (Wildman–Crippen LogP) is 2.85. The average Bonchev–Trinajstić information content (AvgIpc) is 3.54. The molecule has 2 saturated heterocycles. The number of hydrogen-bond acceptors (Lipinski definition) is 6. The topological polar surface area (TPSA) is 80.6 Å². The van der Waals surface area contributed by atoms with Crippen LogP contribution in [0.3, 0.4) is 0 Å². The summed E-state index contributed by atoms with van der Waals surface area (Å²) in [6.45, 7) is 3.37. The molecule has 2 aromatic heterocycles. The highest BCUT2D eigenvalue weighted by Gasteiger charge is 2.32. The summed E-state index contributed by atoms with van der Waals surface area (Å²) in [5, 5.41) is 6.36. The molecular weight excluding hydrogens is 445 g/mol. The lowest BCUT2D eigenvalue weighted by Gasteiger charge is -2.35. The van der Waals surface area contributed by atoms with E-state index in [-0.39, 0.29) is 29.4 Å². The van der Waals surface area contributed by atoms with Crippen LogP contribution >= 0.6 is 11.3 Å². The quantitative estimate of drug-likeness (QED) is 0.587. The van der Waals surface area contributed by atoms with Gasteiger partial charge in [0.15, 0.2) is 5.82 Å². The Morgan fingerprint density at radius 2 is 1.82 bits per heavy atom. The zero-order chi connectivity index (χ0) is 22.8. The molecule has 3 aromatic rings. The zero-order valence-electron chi connectivity index (χ0n) is 18.0. The smallest absolute Gasteiger partial charge is 0.293 e. The van der Waals surface area contributed by atoms with Crippen molar-refractivity contribution in [1.29, 1.82) is 0 Å². The molecule has 0 atom stereocenters. The molecule has 0 saturated carbocycles. The Morgan fingerprint density at radius 1 is 1.03 bits per heavy atom. The summed E-state index contributed by atoms with van der Waals surface area (Å²) in [4.78, 5) is 34.9. The third-order valence-electron chi connectivity index (χ3n) is 6.05. The first kappa shape index (κ1) is 21.7. The molecule has 10 heteroatoms. The molecule has 0 spiro atoms. The second-order valence-electron chi connectivity index (χ2n) is 8.13. The minimum atomic E-state index is -0.389. The van der Waals surface area contributed by atoms with Crippen molar-refractivity contribution in [2.24, 2.45) is 5.92 Å². The maximum atomic E-state index is 13.8. The highest BCUT2D eigenvalue weighted by atomic mass is 32.1. The highest BCUT2D eigenvalue weighted by Crippen LogP contribution is 2.27. The molecule has 0 bridgehead atoms. The Labute approximate surface area is 194 Å². The van der Waals surface area contributed by atoms with E-state index in [1.54, 1.807) is 17.0 Å². The molecule has 8 nitrogen and oxygen atoms in total. The van der Waals surface area contributed by atoms with Gasteiger partial charge in [0.2, 0.25) is 11.7 Å². The molecule has 5 rings (SSSR count). The standard InChI is InChI=1S/C23H24FN5O3S/c24-17-3-1-4-18(15-17)29-21(19-5-2-14-33-19)25-20(26-29)23(31)27-8-6-16(7-9-27)22(30)28-10-12-32-13-11-28/h1-5,14-16H,6-13H2. The number of morpholine rings is 1. The van der Waals surface area contributed by atoms with Gasteiger partial charge in [-0.3, -0.25) is 9.59 Å². The van der Waals surface area contributed by atoms with Gasteiger partial charge in [-0.25, -0.2) is 14.1 Å². The number of aromatic nitrogens is 3. The summed E-state index contributed by atoms with van der Waals surface area (Å²) in [6.07, 6.45) is 1.23. The van der Waals surface area contributed by atoms with Gasteiger partial charge in [0.25, 0.3) is 5.91 Å². The van der Waals surface area contributed by atoms with E-state index >= 15 is 0 Å². The van der Waals surface area contributed by atoms with E-state index in [2.05, 4.69) is 10.1 Å². The van der Waals surface area contributed by atoms with Crippen LogP contribution < -0.4 is 0 Å². The number of halogens is 1. The van der Waals surface area contributed by atoms with Gasteiger partial charge in [-0.2, -0.15) is 0 Å². The molecule has 0 radical (unpaired) electrons. The van der Waals surface area contributed by atoms with Crippen LogP contribution in [-0.2, 0) is 9.53 Å². The fraction of sp³-hybridized carbons (Fsp3) is 0.391. The molecule has 0 aliphatic carbocycles. The van der Waals surface area contributed by atoms with Gasteiger partial charge < -0.3 is 14.5 Å². The lowest BCUT2D eigenvalue weighted by molar-refractivity contribution is -0.141. The SMILES string of the molecule is O=C(c1nc(-c2cccs2)n(-c2cccc(F)c2)n1)N1CCC(C(=O)N2CCOCC2)CC1. The third-order valence-corrected chi connectivity index (χ3v) is 6.91. The van der Waals surface area contributed by atoms with E-state index in [4.69, 9.17) is 4.74 Å². The number of amides is 2. The number of piperidine rings is 1. The number of rotatable bonds is 4. The second kappa shape index (κ2) is 9.40. The van der Waals surface area contributed by atoms with Crippen molar-refractivity contribution in [3.05, 3.63) is 53.4 Å². The van der Waals surface area contributed by atoms with Gasteiger partial charge in [0, 0.05) is 32.1 Å². The first-order chi connectivity index (χ1) is 16.1. The number of carbonyl (C=O) groups is 2. The van der Waals surface area contributed by atoms with Crippen molar-refractivity contribution in [3.8, 4) is 16.4 Å². The Balaban J connectivity index is 1.33. The number of hydrogen-bond donors (Lipinski definition) is 0. The molecule has 33 heavy (non-hydrogen) atoms. The summed E-state index contributed by atoms with van der Waals surface area (Å²) < 4.78 is 20.7. The van der Waals surface area contributed by atoms with Gasteiger partial charge in [0.1, 0.15) is 5.82 Å². The van der Waals surface area contributed by atoms with Crippen LogP contribution in [0.15, 0.2) is 41.8 Å². The fourth-order valence-corrected chi connectivity index (χ4v) is 4.97. The van der Waals surface area contributed by atoms with Crippen molar-refractivity contribution >= 4 is 23.2 Å². The van der Waals surface area contributed by atoms with Crippen LogP contribution in [0.1, 0.15) is 23.5 Å². The second-order valence-corrected chi connectivity index (χ2v) is 9.08. The third kappa shape index (κ3) is 4.53. The van der Waals surface area contributed by atoms with Gasteiger partial charge in [-0.1, -0.05) is 12.1 Å². The maximum Gasteiger partial charge on any atom is 0.293 e. The molecule has 1 aromatic carbocycles. The number of carbonyl (C=O) groups excluding carboxylic acids is 2. The first-order valence-corrected chi connectivity index (χ1v) is 11.9. The molecule has 2 aliphatic rings. The summed E-state index contributed by atoms with van der Waals surface area (Å²) in [5.41, 5.74) is 0.500. The van der Waals surface area contributed by atoms with E-state index in [1.165, 1.54) is 28.2 Å². The number of thiophene rings is 1. The molecule has 2 fully saturated rings. The van der Waals surface area contributed by atoms with Crippen molar-refractivity contribution < 1.29 is 18.7 Å². The lowest BCUT2D eigenvalue weighted by Crippen LogP contribution is -2.47. The van der Waals surface area contributed by atoms with Crippen LogP contribution in [0.5, 0.6) is 0 Å². The van der Waals surface area contributed by atoms with Crippen LogP contribution in [0, 0.1) is 11.7 Å². The van der Waals surface area contributed by atoms with Gasteiger partial charge >= 0.3 is 0 Å².